The number of hydrogen-bond donors (Lipinski definition) is 1. The quantitative estimate of drug-likeness (QED) is 0.907. The lowest BCUT2D eigenvalue weighted by Gasteiger charge is -2.10. The maximum absolute atomic E-state index is 13.2. The van der Waals surface area contributed by atoms with Crippen molar-refractivity contribution in [2.24, 2.45) is 5.73 Å². The Morgan fingerprint density at radius 1 is 1.06 bits per heavy atom. The second-order valence-electron chi connectivity index (χ2n) is 3.90. The van der Waals surface area contributed by atoms with Crippen molar-refractivity contribution in [1.29, 1.82) is 0 Å². The summed E-state index contributed by atoms with van der Waals surface area (Å²) in [5, 5.41) is 0. The van der Waals surface area contributed by atoms with Crippen LogP contribution in [0.15, 0.2) is 36.4 Å². The third-order valence-corrected chi connectivity index (χ3v) is 2.67. The Bertz CT molecular complexity index is 549. The third kappa shape index (κ3) is 2.49. The topological polar surface area (TPSA) is 35.2 Å². The van der Waals surface area contributed by atoms with Gasteiger partial charge < -0.3 is 10.5 Å². The van der Waals surface area contributed by atoms with Crippen molar-refractivity contribution in [2.45, 2.75) is 6.54 Å². The molecule has 2 aromatic rings. The van der Waals surface area contributed by atoms with E-state index in [9.17, 15) is 8.78 Å². The average Bonchev–Trinajstić information content (AvgIpc) is 2.36. The summed E-state index contributed by atoms with van der Waals surface area (Å²) in [6.45, 7) is 0.356. The molecule has 0 heterocycles. The summed E-state index contributed by atoms with van der Waals surface area (Å²) >= 11 is 0. The van der Waals surface area contributed by atoms with Gasteiger partial charge in [-0.1, -0.05) is 6.07 Å². The van der Waals surface area contributed by atoms with Gasteiger partial charge in [-0.25, -0.2) is 8.78 Å². The largest absolute Gasteiger partial charge is 0.496 e. The Morgan fingerprint density at radius 3 is 2.28 bits per heavy atom. The van der Waals surface area contributed by atoms with Crippen LogP contribution in [0.2, 0.25) is 0 Å². The lowest BCUT2D eigenvalue weighted by atomic mass is 10.0. The van der Waals surface area contributed by atoms with E-state index in [4.69, 9.17) is 10.5 Å². The van der Waals surface area contributed by atoms with Crippen LogP contribution in [0, 0.1) is 11.6 Å². The van der Waals surface area contributed by atoms with Crippen LogP contribution in [0.3, 0.4) is 0 Å². The zero-order valence-corrected chi connectivity index (χ0v) is 9.91. The van der Waals surface area contributed by atoms with Crippen LogP contribution in [-0.2, 0) is 6.54 Å². The van der Waals surface area contributed by atoms with Crippen molar-refractivity contribution in [3.8, 4) is 16.9 Å². The second kappa shape index (κ2) is 5.14. The molecular weight excluding hydrogens is 236 g/mol. The molecule has 2 N–H and O–H groups in total. The SMILES string of the molecule is COc1ccc(CN)cc1-c1cc(F)cc(F)c1. The summed E-state index contributed by atoms with van der Waals surface area (Å²) in [4.78, 5) is 0. The van der Waals surface area contributed by atoms with Crippen LogP contribution in [-0.4, -0.2) is 7.11 Å². The van der Waals surface area contributed by atoms with Gasteiger partial charge in [0.25, 0.3) is 0 Å². The van der Waals surface area contributed by atoms with Crippen molar-refractivity contribution in [3.63, 3.8) is 0 Å². The minimum absolute atomic E-state index is 0.356. The highest BCUT2D eigenvalue weighted by Gasteiger charge is 2.09. The minimum Gasteiger partial charge on any atom is -0.496 e. The van der Waals surface area contributed by atoms with Crippen molar-refractivity contribution in [2.75, 3.05) is 7.11 Å². The number of benzene rings is 2. The van der Waals surface area contributed by atoms with Crippen LogP contribution in [0.5, 0.6) is 5.75 Å². The molecule has 2 rings (SSSR count). The fraction of sp³-hybridized carbons (Fsp3) is 0.143. The first-order valence-electron chi connectivity index (χ1n) is 5.47. The second-order valence-corrected chi connectivity index (χ2v) is 3.90. The van der Waals surface area contributed by atoms with Gasteiger partial charge in [0.2, 0.25) is 0 Å². The minimum atomic E-state index is -0.620. The molecule has 0 fully saturated rings. The predicted molar refractivity (Wildman–Crippen MR) is 66.2 cm³/mol. The molecular formula is C14H13F2NO. The standard InChI is InChI=1S/C14H13F2NO/c1-18-14-3-2-9(8-17)4-13(14)10-5-11(15)7-12(16)6-10/h2-7H,8,17H2,1H3. The van der Waals surface area contributed by atoms with Crippen molar-refractivity contribution < 1.29 is 13.5 Å². The summed E-state index contributed by atoms with van der Waals surface area (Å²) in [5.41, 5.74) is 7.48. The molecule has 4 heteroatoms. The molecule has 0 aliphatic heterocycles. The van der Waals surface area contributed by atoms with E-state index in [0.29, 0.717) is 23.4 Å². The van der Waals surface area contributed by atoms with Gasteiger partial charge in [-0.05, 0) is 35.4 Å². The van der Waals surface area contributed by atoms with Gasteiger partial charge in [0.15, 0.2) is 0 Å². The number of hydrogen-bond acceptors (Lipinski definition) is 2. The molecule has 0 aliphatic carbocycles. The summed E-state index contributed by atoms with van der Waals surface area (Å²) < 4.78 is 31.6. The first-order valence-corrected chi connectivity index (χ1v) is 5.47. The molecule has 0 atom stereocenters. The van der Waals surface area contributed by atoms with E-state index in [-0.39, 0.29) is 0 Å². The normalized spacial score (nSPS) is 10.4. The predicted octanol–water partition coefficient (Wildman–Crippen LogP) is 3.10. The zero-order chi connectivity index (χ0) is 13.1. The van der Waals surface area contributed by atoms with Gasteiger partial charge >= 0.3 is 0 Å². The van der Waals surface area contributed by atoms with Gasteiger partial charge in [-0.15, -0.1) is 0 Å². The maximum Gasteiger partial charge on any atom is 0.126 e. The van der Waals surface area contributed by atoms with Gasteiger partial charge in [-0.3, -0.25) is 0 Å². The van der Waals surface area contributed by atoms with Crippen molar-refractivity contribution in [3.05, 3.63) is 53.6 Å². The molecule has 2 nitrogen and oxygen atoms in total. The van der Waals surface area contributed by atoms with Crippen LogP contribution < -0.4 is 10.5 Å². The molecule has 0 spiro atoms. The molecule has 0 bridgehead atoms. The van der Waals surface area contributed by atoms with Gasteiger partial charge in [0, 0.05) is 18.2 Å². The lowest BCUT2D eigenvalue weighted by Crippen LogP contribution is -1.98. The maximum atomic E-state index is 13.2. The number of rotatable bonds is 3. The molecule has 18 heavy (non-hydrogen) atoms. The number of nitrogens with two attached hydrogens (primary N) is 1. The number of ether oxygens (including phenoxy) is 1. The molecule has 0 aromatic heterocycles. The smallest absolute Gasteiger partial charge is 0.126 e. The summed E-state index contributed by atoms with van der Waals surface area (Å²) in [6.07, 6.45) is 0. The Kier molecular flexibility index (Phi) is 3.58. The first kappa shape index (κ1) is 12.5. The van der Waals surface area contributed by atoms with Crippen LogP contribution in [0.25, 0.3) is 11.1 Å². The van der Waals surface area contributed by atoms with Gasteiger partial charge in [0.05, 0.1) is 7.11 Å². The van der Waals surface area contributed by atoms with Crippen molar-refractivity contribution in [1.82, 2.24) is 0 Å². The summed E-state index contributed by atoms with van der Waals surface area (Å²) in [5.74, 6) is -0.687. The molecule has 0 aliphatic rings. The first-order chi connectivity index (χ1) is 8.63. The van der Waals surface area contributed by atoms with Crippen LogP contribution in [0.4, 0.5) is 8.78 Å². The third-order valence-electron chi connectivity index (χ3n) is 2.67. The highest BCUT2D eigenvalue weighted by molar-refractivity contribution is 5.71. The van der Waals surface area contributed by atoms with Crippen molar-refractivity contribution >= 4 is 0 Å². The molecule has 2 aromatic carbocycles. The number of methoxy groups -OCH3 is 1. The van der Waals surface area contributed by atoms with E-state index in [2.05, 4.69) is 0 Å². The zero-order valence-electron chi connectivity index (χ0n) is 9.91. The molecule has 0 unspecified atom stereocenters. The lowest BCUT2D eigenvalue weighted by molar-refractivity contribution is 0.416. The Morgan fingerprint density at radius 2 is 1.72 bits per heavy atom. The average molecular weight is 249 g/mol. The molecule has 0 amide bonds. The highest BCUT2D eigenvalue weighted by atomic mass is 19.1. The van der Waals surface area contributed by atoms with Gasteiger partial charge in [0.1, 0.15) is 17.4 Å². The summed E-state index contributed by atoms with van der Waals surface area (Å²) in [7, 11) is 1.51. The fourth-order valence-electron chi connectivity index (χ4n) is 1.82. The van der Waals surface area contributed by atoms with E-state index in [1.54, 1.807) is 12.1 Å². The van der Waals surface area contributed by atoms with E-state index in [1.807, 2.05) is 6.07 Å². The Labute approximate surface area is 104 Å². The van der Waals surface area contributed by atoms with E-state index < -0.39 is 11.6 Å². The monoisotopic (exact) mass is 249 g/mol. The van der Waals surface area contributed by atoms with E-state index in [1.165, 1.54) is 19.2 Å². The highest BCUT2D eigenvalue weighted by Crippen LogP contribution is 2.31. The van der Waals surface area contributed by atoms with Gasteiger partial charge in [-0.2, -0.15) is 0 Å². The van der Waals surface area contributed by atoms with E-state index in [0.717, 1.165) is 11.6 Å². The summed E-state index contributed by atoms with van der Waals surface area (Å²) in [6, 6.07) is 8.69. The van der Waals surface area contributed by atoms with Crippen LogP contribution >= 0.6 is 0 Å². The fourth-order valence-corrected chi connectivity index (χ4v) is 1.82. The molecule has 94 valence electrons. The molecule has 0 saturated carbocycles. The Hall–Kier alpha value is -1.94. The molecule has 0 saturated heterocycles. The van der Waals surface area contributed by atoms with E-state index >= 15 is 0 Å². The molecule has 0 radical (unpaired) electrons. The number of halogens is 2. The van der Waals surface area contributed by atoms with Crippen LogP contribution in [0.1, 0.15) is 5.56 Å². The Balaban J connectivity index is 2.60.